The van der Waals surface area contributed by atoms with E-state index in [1.54, 1.807) is 6.20 Å². The topological polar surface area (TPSA) is 42.4 Å². The average Bonchev–Trinajstić information content (AvgIpc) is 3.13. The van der Waals surface area contributed by atoms with Crippen LogP contribution in [-0.2, 0) is 6.61 Å². The van der Waals surface area contributed by atoms with E-state index in [4.69, 9.17) is 9.84 Å². The average molecular weight is 233 g/mol. The summed E-state index contributed by atoms with van der Waals surface area (Å²) in [6, 6.07) is 3.71. The van der Waals surface area contributed by atoms with Crippen LogP contribution in [0.15, 0.2) is 18.3 Å². The molecule has 1 aromatic rings. The molecule has 92 valence electrons. The molecule has 1 heterocycles. The van der Waals surface area contributed by atoms with Crippen LogP contribution in [0, 0.1) is 5.41 Å². The van der Waals surface area contributed by atoms with E-state index in [1.807, 2.05) is 12.1 Å². The molecule has 2 aliphatic rings. The second-order valence-corrected chi connectivity index (χ2v) is 5.46. The van der Waals surface area contributed by atoms with Crippen LogP contribution in [0.1, 0.15) is 44.2 Å². The van der Waals surface area contributed by atoms with Crippen LogP contribution in [0.2, 0.25) is 0 Å². The van der Waals surface area contributed by atoms with Gasteiger partial charge in [0.15, 0.2) is 0 Å². The molecule has 1 aromatic heterocycles. The second-order valence-electron chi connectivity index (χ2n) is 5.46. The molecule has 0 aromatic carbocycles. The predicted octanol–water partition coefficient (Wildman–Crippen LogP) is 2.68. The summed E-state index contributed by atoms with van der Waals surface area (Å²) in [4.78, 5) is 4.05. The first-order valence-electron chi connectivity index (χ1n) is 6.52. The second kappa shape index (κ2) is 4.30. The maximum absolute atomic E-state index is 9.03. The van der Waals surface area contributed by atoms with Crippen molar-refractivity contribution in [2.75, 3.05) is 0 Å². The van der Waals surface area contributed by atoms with Gasteiger partial charge in [-0.1, -0.05) is 0 Å². The van der Waals surface area contributed by atoms with Crippen molar-refractivity contribution in [1.82, 2.24) is 4.98 Å². The zero-order valence-corrected chi connectivity index (χ0v) is 10.1. The van der Waals surface area contributed by atoms with Crippen LogP contribution < -0.4 is 4.74 Å². The SMILES string of the molecule is OCc1cc(OC2CCC3(CC2)CC3)ccn1. The highest BCUT2D eigenvalue weighted by molar-refractivity contribution is 5.22. The van der Waals surface area contributed by atoms with Crippen LogP contribution in [0.4, 0.5) is 0 Å². The summed E-state index contributed by atoms with van der Waals surface area (Å²) in [5, 5.41) is 9.03. The first-order chi connectivity index (χ1) is 8.30. The standard InChI is InChI=1S/C14H19NO2/c16-10-11-9-13(3-8-15-11)17-12-1-4-14(5-2-12)6-7-14/h3,8-9,12,16H,1-2,4-7,10H2. The quantitative estimate of drug-likeness (QED) is 0.872. The number of rotatable bonds is 3. The van der Waals surface area contributed by atoms with E-state index in [0.29, 0.717) is 17.2 Å². The third-order valence-electron chi connectivity index (χ3n) is 4.20. The lowest BCUT2D eigenvalue weighted by molar-refractivity contribution is 0.123. The monoisotopic (exact) mass is 233 g/mol. The van der Waals surface area contributed by atoms with E-state index < -0.39 is 0 Å². The molecule has 3 heteroatoms. The Bertz CT molecular complexity index is 391. The van der Waals surface area contributed by atoms with Gasteiger partial charge in [-0.2, -0.15) is 0 Å². The van der Waals surface area contributed by atoms with Gasteiger partial charge in [-0.15, -0.1) is 0 Å². The number of pyridine rings is 1. The van der Waals surface area contributed by atoms with Gasteiger partial charge >= 0.3 is 0 Å². The largest absolute Gasteiger partial charge is 0.490 e. The number of aliphatic hydroxyl groups is 1. The first kappa shape index (κ1) is 11.0. The van der Waals surface area contributed by atoms with Crippen LogP contribution in [0.3, 0.4) is 0 Å². The van der Waals surface area contributed by atoms with Crippen molar-refractivity contribution in [3.63, 3.8) is 0 Å². The van der Waals surface area contributed by atoms with E-state index in [-0.39, 0.29) is 6.61 Å². The Morgan fingerprint density at radius 1 is 1.29 bits per heavy atom. The minimum atomic E-state index is -0.0228. The maximum Gasteiger partial charge on any atom is 0.123 e. The molecule has 0 unspecified atom stereocenters. The minimum Gasteiger partial charge on any atom is -0.490 e. The van der Waals surface area contributed by atoms with Gasteiger partial charge < -0.3 is 9.84 Å². The van der Waals surface area contributed by atoms with E-state index in [1.165, 1.54) is 38.5 Å². The molecule has 0 amide bonds. The third kappa shape index (κ3) is 2.44. The molecule has 17 heavy (non-hydrogen) atoms. The number of aromatic nitrogens is 1. The van der Waals surface area contributed by atoms with Gasteiger partial charge in [0.05, 0.1) is 18.4 Å². The lowest BCUT2D eigenvalue weighted by Crippen LogP contribution is -2.24. The number of aliphatic hydroxyl groups excluding tert-OH is 1. The zero-order chi connectivity index (χ0) is 11.7. The van der Waals surface area contributed by atoms with E-state index >= 15 is 0 Å². The molecular formula is C14H19NO2. The molecule has 1 N–H and O–H groups in total. The molecule has 0 bridgehead atoms. The zero-order valence-electron chi connectivity index (χ0n) is 10.1. The van der Waals surface area contributed by atoms with Gasteiger partial charge in [-0.3, -0.25) is 4.98 Å². The Morgan fingerprint density at radius 2 is 2.06 bits per heavy atom. The summed E-state index contributed by atoms with van der Waals surface area (Å²) in [6.45, 7) is -0.0228. The lowest BCUT2D eigenvalue weighted by atomic mass is 9.85. The Morgan fingerprint density at radius 3 is 2.71 bits per heavy atom. The third-order valence-corrected chi connectivity index (χ3v) is 4.20. The molecule has 0 radical (unpaired) electrons. The predicted molar refractivity (Wildman–Crippen MR) is 64.7 cm³/mol. The number of nitrogens with zero attached hydrogens (tertiary/aromatic N) is 1. The number of hydrogen-bond donors (Lipinski definition) is 1. The molecule has 0 aliphatic heterocycles. The van der Waals surface area contributed by atoms with Crippen molar-refractivity contribution < 1.29 is 9.84 Å². The molecule has 0 atom stereocenters. The number of ether oxygens (including phenoxy) is 1. The fourth-order valence-electron chi connectivity index (χ4n) is 2.81. The van der Waals surface area contributed by atoms with Crippen molar-refractivity contribution in [3.8, 4) is 5.75 Å². The van der Waals surface area contributed by atoms with Crippen molar-refractivity contribution in [2.24, 2.45) is 5.41 Å². The fourth-order valence-corrected chi connectivity index (χ4v) is 2.81. The smallest absolute Gasteiger partial charge is 0.123 e. The lowest BCUT2D eigenvalue weighted by Gasteiger charge is -2.28. The first-order valence-corrected chi connectivity index (χ1v) is 6.52. The molecule has 0 saturated heterocycles. The highest BCUT2D eigenvalue weighted by Gasteiger charge is 2.45. The molecule has 3 nitrogen and oxygen atoms in total. The van der Waals surface area contributed by atoms with Gasteiger partial charge in [-0.05, 0) is 50.0 Å². The molecular weight excluding hydrogens is 214 g/mol. The summed E-state index contributed by atoms with van der Waals surface area (Å²) >= 11 is 0. The highest BCUT2D eigenvalue weighted by atomic mass is 16.5. The van der Waals surface area contributed by atoms with Gasteiger partial charge in [0.25, 0.3) is 0 Å². The fraction of sp³-hybridized carbons (Fsp3) is 0.643. The highest BCUT2D eigenvalue weighted by Crippen LogP contribution is 2.56. The Kier molecular flexibility index (Phi) is 2.79. The van der Waals surface area contributed by atoms with Gasteiger partial charge in [0.1, 0.15) is 5.75 Å². The van der Waals surface area contributed by atoms with Crippen LogP contribution in [-0.4, -0.2) is 16.2 Å². The van der Waals surface area contributed by atoms with Crippen LogP contribution in [0.25, 0.3) is 0 Å². The van der Waals surface area contributed by atoms with Crippen LogP contribution in [0.5, 0.6) is 5.75 Å². The minimum absolute atomic E-state index is 0.0228. The van der Waals surface area contributed by atoms with Gasteiger partial charge in [0, 0.05) is 12.3 Å². The number of hydrogen-bond acceptors (Lipinski definition) is 3. The maximum atomic E-state index is 9.03. The molecule has 2 saturated carbocycles. The van der Waals surface area contributed by atoms with Crippen molar-refractivity contribution in [2.45, 2.75) is 51.2 Å². The summed E-state index contributed by atoms with van der Waals surface area (Å²) < 4.78 is 5.97. The normalized spacial score (nSPS) is 22.6. The summed E-state index contributed by atoms with van der Waals surface area (Å²) in [6.07, 6.45) is 9.94. The molecule has 2 fully saturated rings. The summed E-state index contributed by atoms with van der Waals surface area (Å²) in [5.74, 6) is 0.848. The van der Waals surface area contributed by atoms with Gasteiger partial charge in [-0.25, -0.2) is 0 Å². The van der Waals surface area contributed by atoms with E-state index in [0.717, 1.165) is 5.75 Å². The van der Waals surface area contributed by atoms with Gasteiger partial charge in [0.2, 0.25) is 0 Å². The van der Waals surface area contributed by atoms with E-state index in [2.05, 4.69) is 4.98 Å². The molecule has 1 spiro atoms. The van der Waals surface area contributed by atoms with Crippen molar-refractivity contribution >= 4 is 0 Å². The van der Waals surface area contributed by atoms with E-state index in [9.17, 15) is 0 Å². The summed E-state index contributed by atoms with van der Waals surface area (Å²) in [5.41, 5.74) is 1.39. The molecule has 3 rings (SSSR count). The molecule has 2 aliphatic carbocycles. The van der Waals surface area contributed by atoms with Crippen LogP contribution >= 0.6 is 0 Å². The Hall–Kier alpha value is -1.09. The van der Waals surface area contributed by atoms with Crippen molar-refractivity contribution in [1.29, 1.82) is 0 Å². The Labute approximate surface area is 102 Å². The van der Waals surface area contributed by atoms with Crippen molar-refractivity contribution in [3.05, 3.63) is 24.0 Å². The summed E-state index contributed by atoms with van der Waals surface area (Å²) in [7, 11) is 0. The Balaban J connectivity index is 1.59.